The first-order chi connectivity index (χ1) is 29.1. The maximum atomic E-state index is 12.7. The lowest BCUT2D eigenvalue weighted by molar-refractivity contribution is -0.887. The number of carboxylic acid groups (broad SMARTS) is 1. The van der Waals surface area contributed by atoms with Gasteiger partial charge in [-0.05, 0) is 77.0 Å². The van der Waals surface area contributed by atoms with E-state index >= 15 is 0 Å². The van der Waals surface area contributed by atoms with Crippen molar-refractivity contribution in [2.75, 3.05) is 41.0 Å². The minimum Gasteiger partial charge on any atom is -0.477 e. The highest BCUT2D eigenvalue weighted by molar-refractivity contribution is 5.72. The topological polar surface area (TPSA) is 99.1 Å². The Labute approximate surface area is 368 Å². The highest BCUT2D eigenvalue weighted by Crippen LogP contribution is 2.14. The van der Waals surface area contributed by atoms with Crippen LogP contribution in [0.2, 0.25) is 0 Å². The van der Waals surface area contributed by atoms with E-state index in [0.29, 0.717) is 12.8 Å². The van der Waals surface area contributed by atoms with Gasteiger partial charge in [0.2, 0.25) is 0 Å². The van der Waals surface area contributed by atoms with Gasteiger partial charge in [-0.3, -0.25) is 9.59 Å². The molecule has 0 radical (unpaired) electrons. The number of allylic oxidation sites excluding steroid dienone is 12. The monoisotopic (exact) mass is 841 g/mol. The molecule has 1 N–H and O–H groups in total. The fourth-order valence-corrected chi connectivity index (χ4v) is 6.66. The Kier molecular flexibility index (Phi) is 40.2. The van der Waals surface area contributed by atoms with Crippen molar-refractivity contribution < 1.29 is 38.2 Å². The summed E-state index contributed by atoms with van der Waals surface area (Å²) < 4.78 is 17.3. The molecule has 0 aliphatic heterocycles. The summed E-state index contributed by atoms with van der Waals surface area (Å²) >= 11 is 0. The predicted molar refractivity (Wildman–Crippen MR) is 252 cm³/mol. The van der Waals surface area contributed by atoms with Gasteiger partial charge < -0.3 is 23.8 Å². The van der Waals surface area contributed by atoms with Crippen molar-refractivity contribution >= 4 is 17.9 Å². The quantitative estimate of drug-likeness (QED) is 0.0215. The Morgan fingerprint density at radius 3 is 1.50 bits per heavy atom. The van der Waals surface area contributed by atoms with E-state index in [-0.39, 0.29) is 42.7 Å². The van der Waals surface area contributed by atoms with E-state index in [0.717, 1.165) is 70.6 Å². The first-order valence-corrected chi connectivity index (χ1v) is 24.0. The summed E-state index contributed by atoms with van der Waals surface area (Å²) in [5, 5.41) is 9.64. The molecule has 0 rings (SSSR count). The fraction of sp³-hybridized carbons (Fsp3) is 0.712. The van der Waals surface area contributed by atoms with Crippen LogP contribution < -0.4 is 0 Å². The molecular weight excluding hydrogens is 751 g/mol. The van der Waals surface area contributed by atoms with E-state index in [2.05, 4.69) is 86.8 Å². The van der Waals surface area contributed by atoms with E-state index in [1.165, 1.54) is 83.5 Å². The molecule has 344 valence electrons. The third-order valence-electron chi connectivity index (χ3n) is 10.4. The number of esters is 2. The summed E-state index contributed by atoms with van der Waals surface area (Å²) in [6.07, 6.45) is 53.7. The summed E-state index contributed by atoms with van der Waals surface area (Å²) in [5.74, 6) is -1.52. The molecule has 2 atom stereocenters. The molecule has 0 aromatic carbocycles. The van der Waals surface area contributed by atoms with Gasteiger partial charge in [-0.2, -0.15) is 0 Å². The second kappa shape index (κ2) is 42.5. The number of hydrogen-bond acceptors (Lipinski definition) is 6. The standard InChI is InChI=1S/C52H89NO7/c1-6-8-10-12-14-16-18-20-22-24-25-26-27-29-30-32-34-36-38-40-42-50(54)59-47-48(46-58-45-44-49(52(56)57)53(3,4)5)60-51(55)43-41-39-37-35-33-31-28-23-21-19-17-15-13-11-9-7-2/h9,11,15-18,20-23,31,33,48-49H,6-8,10,12-14,19,24-30,32,34-47H2,1-5H3/p+1/b11-9+,17-15+,18-16+,22-20+,23-21+,33-31+. The van der Waals surface area contributed by atoms with Gasteiger partial charge in [0, 0.05) is 19.3 Å². The van der Waals surface area contributed by atoms with E-state index < -0.39 is 18.1 Å². The molecule has 8 nitrogen and oxygen atoms in total. The van der Waals surface area contributed by atoms with Crippen LogP contribution in [0.25, 0.3) is 0 Å². The highest BCUT2D eigenvalue weighted by Gasteiger charge is 2.31. The largest absolute Gasteiger partial charge is 0.477 e. The molecule has 0 spiro atoms. The predicted octanol–water partition coefficient (Wildman–Crippen LogP) is 13.5. The Bertz CT molecular complexity index is 1210. The Balaban J connectivity index is 4.34. The van der Waals surface area contributed by atoms with Crippen molar-refractivity contribution in [2.45, 2.75) is 199 Å². The molecule has 0 saturated heterocycles. The fourth-order valence-electron chi connectivity index (χ4n) is 6.66. The van der Waals surface area contributed by atoms with Crippen LogP contribution in [0.3, 0.4) is 0 Å². The number of hydrogen-bond donors (Lipinski definition) is 1. The zero-order valence-electron chi connectivity index (χ0n) is 39.1. The van der Waals surface area contributed by atoms with E-state index in [1.807, 2.05) is 21.1 Å². The minimum atomic E-state index is -0.883. The number of likely N-dealkylation sites (N-methyl/N-ethyl adjacent to an activating group) is 1. The molecule has 0 aromatic rings. The van der Waals surface area contributed by atoms with Crippen molar-refractivity contribution in [3.63, 3.8) is 0 Å². The van der Waals surface area contributed by atoms with E-state index in [1.54, 1.807) is 0 Å². The molecule has 0 fully saturated rings. The van der Waals surface area contributed by atoms with Crippen LogP contribution in [0.4, 0.5) is 0 Å². The van der Waals surface area contributed by atoms with E-state index in [4.69, 9.17) is 14.2 Å². The summed E-state index contributed by atoms with van der Waals surface area (Å²) in [6.45, 7) is 4.56. The minimum absolute atomic E-state index is 0.0439. The molecule has 0 saturated carbocycles. The van der Waals surface area contributed by atoms with Gasteiger partial charge >= 0.3 is 17.9 Å². The van der Waals surface area contributed by atoms with Crippen molar-refractivity contribution in [2.24, 2.45) is 0 Å². The van der Waals surface area contributed by atoms with Crippen LogP contribution >= 0.6 is 0 Å². The van der Waals surface area contributed by atoms with Gasteiger partial charge in [-0.1, -0.05) is 164 Å². The van der Waals surface area contributed by atoms with Gasteiger partial charge in [-0.15, -0.1) is 0 Å². The average Bonchev–Trinajstić information content (AvgIpc) is 3.21. The second-order valence-electron chi connectivity index (χ2n) is 17.0. The number of carbonyl (C=O) groups excluding carboxylic acids is 2. The molecule has 60 heavy (non-hydrogen) atoms. The van der Waals surface area contributed by atoms with Gasteiger partial charge in [0.15, 0.2) is 12.1 Å². The van der Waals surface area contributed by atoms with Gasteiger partial charge in [0.25, 0.3) is 0 Å². The maximum absolute atomic E-state index is 12.7. The van der Waals surface area contributed by atoms with Crippen LogP contribution in [0.1, 0.15) is 187 Å². The second-order valence-corrected chi connectivity index (χ2v) is 17.0. The number of carboxylic acids is 1. The number of rotatable bonds is 42. The summed E-state index contributed by atoms with van der Waals surface area (Å²) in [5.41, 5.74) is 0. The number of nitrogens with zero attached hydrogens (tertiary/aromatic N) is 1. The van der Waals surface area contributed by atoms with Gasteiger partial charge in [0.1, 0.15) is 6.61 Å². The highest BCUT2D eigenvalue weighted by atomic mass is 16.6. The van der Waals surface area contributed by atoms with E-state index in [9.17, 15) is 19.5 Å². The van der Waals surface area contributed by atoms with Crippen LogP contribution in [0, 0.1) is 0 Å². The van der Waals surface area contributed by atoms with Crippen LogP contribution in [0.15, 0.2) is 72.9 Å². The van der Waals surface area contributed by atoms with Crippen LogP contribution in [0.5, 0.6) is 0 Å². The number of aliphatic carboxylic acids is 1. The summed E-state index contributed by atoms with van der Waals surface area (Å²) in [7, 11) is 5.51. The molecule has 0 heterocycles. The maximum Gasteiger partial charge on any atom is 0.362 e. The zero-order valence-corrected chi connectivity index (χ0v) is 39.1. The molecule has 2 unspecified atom stereocenters. The average molecular weight is 841 g/mol. The lowest BCUT2D eigenvalue weighted by Crippen LogP contribution is -2.50. The van der Waals surface area contributed by atoms with Crippen molar-refractivity contribution in [3.05, 3.63) is 72.9 Å². The third-order valence-corrected chi connectivity index (χ3v) is 10.4. The first-order valence-electron chi connectivity index (χ1n) is 24.0. The molecule has 0 bridgehead atoms. The third kappa shape index (κ3) is 40.2. The van der Waals surface area contributed by atoms with Crippen molar-refractivity contribution in [3.8, 4) is 0 Å². The van der Waals surface area contributed by atoms with Gasteiger partial charge in [-0.25, -0.2) is 4.79 Å². The molecule has 8 heteroatoms. The Morgan fingerprint density at radius 1 is 0.533 bits per heavy atom. The van der Waals surface area contributed by atoms with Crippen molar-refractivity contribution in [1.29, 1.82) is 0 Å². The molecular formula is C52H90NO7+. The first kappa shape index (κ1) is 56.8. The Hall–Kier alpha value is -3.23. The van der Waals surface area contributed by atoms with Crippen LogP contribution in [-0.4, -0.2) is 80.6 Å². The number of unbranched alkanes of at least 4 members (excludes halogenated alkanes) is 17. The van der Waals surface area contributed by atoms with Gasteiger partial charge in [0.05, 0.1) is 34.4 Å². The molecule has 0 aromatic heterocycles. The van der Waals surface area contributed by atoms with Crippen LogP contribution in [-0.2, 0) is 28.6 Å². The number of carbonyl (C=O) groups is 3. The normalized spacial score (nSPS) is 13.6. The lowest BCUT2D eigenvalue weighted by Gasteiger charge is -2.31. The lowest BCUT2D eigenvalue weighted by atomic mass is 10.1. The smallest absolute Gasteiger partial charge is 0.362 e. The molecule has 0 aliphatic carbocycles. The molecule has 0 aliphatic rings. The summed E-state index contributed by atoms with van der Waals surface area (Å²) in [4.78, 5) is 37.1. The molecule has 0 amide bonds. The Morgan fingerprint density at radius 2 is 0.983 bits per heavy atom. The number of quaternary nitrogens is 1. The van der Waals surface area contributed by atoms with Crippen molar-refractivity contribution in [1.82, 2.24) is 0 Å². The SMILES string of the molecule is CC/C=C/C/C=C/C/C=C/C/C=C/CCCCCC(=O)OC(COCCC(C(=O)O)[N+](C)(C)C)COC(=O)CCCCCCCCCCCC/C=C/C=C/CCCCCC. The summed E-state index contributed by atoms with van der Waals surface area (Å²) in [6, 6.07) is -0.624. The zero-order chi connectivity index (χ0) is 44.2. The number of ether oxygens (including phenoxy) is 3.